The van der Waals surface area contributed by atoms with Crippen LogP contribution in [0.4, 0.5) is 0 Å². The summed E-state index contributed by atoms with van der Waals surface area (Å²) < 4.78 is 5.73. The van der Waals surface area contributed by atoms with Crippen LogP contribution >= 0.6 is 11.6 Å². The molecule has 1 fully saturated rings. The Morgan fingerprint density at radius 1 is 1.35 bits per heavy atom. The third-order valence-electron chi connectivity index (χ3n) is 3.94. The quantitative estimate of drug-likeness (QED) is 0.937. The molecule has 1 aliphatic rings. The average molecular weight is 334 g/mol. The summed E-state index contributed by atoms with van der Waals surface area (Å²) >= 11 is 6.17. The Bertz CT molecular complexity index is 712. The van der Waals surface area contributed by atoms with Crippen molar-refractivity contribution < 1.29 is 9.53 Å². The zero-order valence-corrected chi connectivity index (χ0v) is 14.0. The van der Waals surface area contributed by atoms with Crippen molar-refractivity contribution in [2.45, 2.75) is 25.9 Å². The molecule has 1 aliphatic heterocycles. The number of fused-ring (bicyclic) bond motifs is 1. The van der Waals surface area contributed by atoms with Crippen molar-refractivity contribution in [1.29, 1.82) is 0 Å². The van der Waals surface area contributed by atoms with Crippen LogP contribution < -0.4 is 10.1 Å². The minimum absolute atomic E-state index is 0.00669. The Morgan fingerprint density at radius 2 is 2.09 bits per heavy atom. The maximum Gasteiger partial charge on any atom is 0.260 e. The summed E-state index contributed by atoms with van der Waals surface area (Å²) in [5.41, 5.74) is 0.676. The number of hydrogen-bond donors (Lipinski definition) is 1. The van der Waals surface area contributed by atoms with E-state index in [4.69, 9.17) is 16.3 Å². The number of pyridine rings is 1. The van der Waals surface area contributed by atoms with E-state index in [0.717, 1.165) is 5.39 Å². The summed E-state index contributed by atoms with van der Waals surface area (Å²) in [5.74, 6) is 0.568. The van der Waals surface area contributed by atoms with Gasteiger partial charge in [-0.05, 0) is 38.1 Å². The number of aromatic nitrogens is 1. The van der Waals surface area contributed by atoms with Gasteiger partial charge in [-0.2, -0.15) is 0 Å². The minimum Gasteiger partial charge on any atom is -0.481 e. The van der Waals surface area contributed by atoms with Crippen molar-refractivity contribution in [3.8, 4) is 5.75 Å². The number of nitrogens with zero attached hydrogens (tertiary/aromatic N) is 2. The van der Waals surface area contributed by atoms with Crippen LogP contribution in [0, 0.1) is 0 Å². The highest BCUT2D eigenvalue weighted by Gasteiger charge is 2.25. The number of piperazine rings is 1. The molecule has 0 bridgehead atoms. The first-order chi connectivity index (χ1) is 11.0. The zero-order valence-electron chi connectivity index (χ0n) is 13.3. The molecule has 2 aromatic rings. The van der Waals surface area contributed by atoms with Crippen LogP contribution in [0.5, 0.6) is 5.75 Å². The van der Waals surface area contributed by atoms with Crippen LogP contribution in [0.25, 0.3) is 10.9 Å². The fourth-order valence-electron chi connectivity index (χ4n) is 2.99. The van der Waals surface area contributed by atoms with Gasteiger partial charge in [-0.1, -0.05) is 11.6 Å². The fraction of sp³-hybridized carbons (Fsp3) is 0.412. The lowest BCUT2D eigenvalue weighted by Crippen LogP contribution is -2.56. The van der Waals surface area contributed by atoms with Gasteiger partial charge in [0.2, 0.25) is 0 Å². The first kappa shape index (κ1) is 16.0. The lowest BCUT2D eigenvalue weighted by atomic mass is 10.1. The summed E-state index contributed by atoms with van der Waals surface area (Å²) in [5, 5.41) is 4.85. The van der Waals surface area contributed by atoms with Crippen LogP contribution in [0.1, 0.15) is 13.8 Å². The number of ether oxygens (including phenoxy) is 1. The maximum absolute atomic E-state index is 12.4. The number of nitrogens with one attached hydrogen (secondary N) is 1. The fourth-order valence-corrected chi connectivity index (χ4v) is 3.21. The number of hydrogen-bond acceptors (Lipinski definition) is 4. The monoisotopic (exact) mass is 333 g/mol. The highest BCUT2D eigenvalue weighted by atomic mass is 35.5. The molecule has 1 aromatic carbocycles. The largest absolute Gasteiger partial charge is 0.481 e. The normalized spacial score (nSPS) is 21.4. The van der Waals surface area contributed by atoms with Crippen molar-refractivity contribution in [2.75, 3.05) is 19.7 Å². The molecule has 1 amide bonds. The first-order valence-electron chi connectivity index (χ1n) is 7.74. The number of halogens is 1. The van der Waals surface area contributed by atoms with Gasteiger partial charge in [-0.15, -0.1) is 0 Å². The van der Waals surface area contributed by atoms with Gasteiger partial charge >= 0.3 is 0 Å². The van der Waals surface area contributed by atoms with E-state index >= 15 is 0 Å². The molecule has 0 saturated carbocycles. The van der Waals surface area contributed by atoms with E-state index in [-0.39, 0.29) is 12.5 Å². The second kappa shape index (κ2) is 6.72. The molecule has 1 N–H and O–H groups in total. The molecule has 0 aliphatic carbocycles. The van der Waals surface area contributed by atoms with Gasteiger partial charge in [-0.25, -0.2) is 0 Å². The molecule has 0 radical (unpaired) electrons. The minimum atomic E-state index is -0.00997. The standard InChI is InChI=1S/C17H20ClN3O2/c1-11-8-21(9-12(2)20-11)16(22)10-23-15-6-5-14(18)13-4-3-7-19-17(13)15/h3-7,11-12,20H,8-10H2,1-2H3. The second-order valence-corrected chi connectivity index (χ2v) is 6.41. The van der Waals surface area contributed by atoms with Gasteiger partial charge in [0.05, 0.1) is 5.02 Å². The maximum atomic E-state index is 12.4. The molecule has 2 heterocycles. The van der Waals surface area contributed by atoms with Gasteiger partial charge in [0.1, 0.15) is 11.3 Å². The van der Waals surface area contributed by atoms with Gasteiger partial charge in [0.25, 0.3) is 5.91 Å². The lowest BCUT2D eigenvalue weighted by molar-refractivity contribution is -0.135. The Hall–Kier alpha value is -1.85. The molecule has 3 rings (SSSR count). The third kappa shape index (κ3) is 3.57. The number of amides is 1. The van der Waals surface area contributed by atoms with Gasteiger partial charge < -0.3 is 15.0 Å². The topological polar surface area (TPSA) is 54.5 Å². The molecular weight excluding hydrogens is 314 g/mol. The summed E-state index contributed by atoms with van der Waals surface area (Å²) in [7, 11) is 0. The highest BCUT2D eigenvalue weighted by Crippen LogP contribution is 2.29. The first-order valence-corrected chi connectivity index (χ1v) is 8.12. The van der Waals surface area contributed by atoms with E-state index in [9.17, 15) is 4.79 Å². The third-order valence-corrected chi connectivity index (χ3v) is 4.27. The van der Waals surface area contributed by atoms with Crippen molar-refractivity contribution in [1.82, 2.24) is 15.2 Å². The van der Waals surface area contributed by atoms with Gasteiger partial charge in [0, 0.05) is 36.8 Å². The summed E-state index contributed by atoms with van der Waals surface area (Å²) in [4.78, 5) is 18.5. The predicted molar refractivity (Wildman–Crippen MR) is 90.9 cm³/mol. The molecule has 122 valence electrons. The van der Waals surface area contributed by atoms with Crippen LogP contribution in [0.2, 0.25) is 5.02 Å². The molecular formula is C17H20ClN3O2. The molecule has 1 aromatic heterocycles. The van der Waals surface area contributed by atoms with E-state index in [1.165, 1.54) is 0 Å². The van der Waals surface area contributed by atoms with Crippen LogP contribution in [0.3, 0.4) is 0 Å². The zero-order chi connectivity index (χ0) is 16.4. The van der Waals surface area contributed by atoms with E-state index in [0.29, 0.717) is 41.5 Å². The van der Waals surface area contributed by atoms with E-state index in [1.807, 2.05) is 17.0 Å². The van der Waals surface area contributed by atoms with Crippen molar-refractivity contribution in [2.24, 2.45) is 0 Å². The van der Waals surface area contributed by atoms with Crippen LogP contribution in [-0.4, -0.2) is 47.6 Å². The van der Waals surface area contributed by atoms with E-state index < -0.39 is 0 Å². The Morgan fingerprint density at radius 3 is 2.83 bits per heavy atom. The van der Waals surface area contributed by atoms with Crippen molar-refractivity contribution in [3.63, 3.8) is 0 Å². The molecule has 5 nitrogen and oxygen atoms in total. The summed E-state index contributed by atoms with van der Waals surface area (Å²) in [6.45, 7) is 5.56. The number of carbonyl (C=O) groups is 1. The van der Waals surface area contributed by atoms with Crippen LogP contribution in [-0.2, 0) is 4.79 Å². The number of benzene rings is 1. The Balaban J connectivity index is 1.71. The lowest BCUT2D eigenvalue weighted by Gasteiger charge is -2.36. The number of carbonyl (C=O) groups excluding carboxylic acids is 1. The van der Waals surface area contributed by atoms with Crippen LogP contribution in [0.15, 0.2) is 30.5 Å². The summed E-state index contributed by atoms with van der Waals surface area (Å²) in [6.07, 6.45) is 1.69. The Kier molecular flexibility index (Phi) is 4.68. The molecule has 6 heteroatoms. The molecule has 0 spiro atoms. The Labute approximate surface area is 140 Å². The highest BCUT2D eigenvalue weighted by molar-refractivity contribution is 6.35. The SMILES string of the molecule is CC1CN(C(=O)COc2ccc(Cl)c3cccnc23)CC(C)N1. The molecule has 1 saturated heterocycles. The van der Waals surface area contributed by atoms with Gasteiger partial charge in [-0.3, -0.25) is 9.78 Å². The molecule has 2 unspecified atom stereocenters. The second-order valence-electron chi connectivity index (χ2n) is 6.00. The summed E-state index contributed by atoms with van der Waals surface area (Å²) in [6, 6.07) is 7.82. The van der Waals surface area contributed by atoms with E-state index in [2.05, 4.69) is 24.1 Å². The smallest absolute Gasteiger partial charge is 0.260 e. The molecule has 2 atom stereocenters. The van der Waals surface area contributed by atoms with Crippen molar-refractivity contribution in [3.05, 3.63) is 35.5 Å². The molecule has 23 heavy (non-hydrogen) atoms. The van der Waals surface area contributed by atoms with Crippen molar-refractivity contribution >= 4 is 28.4 Å². The van der Waals surface area contributed by atoms with E-state index in [1.54, 1.807) is 18.3 Å². The average Bonchev–Trinajstić information content (AvgIpc) is 2.53. The van der Waals surface area contributed by atoms with Gasteiger partial charge in [0.15, 0.2) is 6.61 Å². The predicted octanol–water partition coefficient (Wildman–Crippen LogP) is 2.48. The number of rotatable bonds is 3.